The van der Waals surface area contributed by atoms with Crippen LogP contribution in [0.25, 0.3) is 11.1 Å². The van der Waals surface area contributed by atoms with Crippen LogP contribution in [0.15, 0.2) is 17.3 Å². The number of ether oxygens (including phenoxy) is 3. The van der Waals surface area contributed by atoms with Crippen LogP contribution in [-0.2, 0) is 11.4 Å². The first kappa shape index (κ1) is 18.2. The van der Waals surface area contributed by atoms with Gasteiger partial charge >= 0.3 is 0 Å². The molecule has 2 rings (SSSR count). The van der Waals surface area contributed by atoms with Crippen LogP contribution in [0.1, 0.15) is 17.0 Å². The number of aliphatic hydroxyl groups excluding tert-OH is 1. The number of hydrogen-bond acceptors (Lipinski definition) is 7. The Kier molecular flexibility index (Phi) is 5.87. The molecule has 0 amide bonds. The number of hydrogen-bond donors (Lipinski definition) is 2. The van der Waals surface area contributed by atoms with Crippen LogP contribution in [0.5, 0.6) is 17.2 Å². The number of methoxy groups -OCH3 is 3. The predicted molar refractivity (Wildman–Crippen MR) is 91.1 cm³/mol. The molecule has 0 aliphatic carbocycles. The Bertz CT molecular complexity index is 821. The van der Waals surface area contributed by atoms with Crippen LogP contribution in [0, 0.1) is 11.3 Å². The minimum atomic E-state index is -0.340. The molecule has 0 saturated carbocycles. The summed E-state index contributed by atoms with van der Waals surface area (Å²) in [6.45, 7) is -0.340. The molecule has 0 spiro atoms. The van der Waals surface area contributed by atoms with Crippen LogP contribution in [0.4, 0.5) is 0 Å². The molecule has 0 aliphatic rings. The first-order valence-corrected chi connectivity index (χ1v) is 7.28. The summed E-state index contributed by atoms with van der Waals surface area (Å²) in [7, 11) is 5.94. The third kappa shape index (κ3) is 3.22. The number of aromatic amines is 1. The van der Waals surface area contributed by atoms with Gasteiger partial charge in [-0.15, -0.1) is 0 Å². The molecule has 1 aromatic heterocycles. The van der Waals surface area contributed by atoms with E-state index in [0.29, 0.717) is 39.6 Å². The van der Waals surface area contributed by atoms with Crippen LogP contribution >= 0.6 is 0 Å². The summed E-state index contributed by atoms with van der Waals surface area (Å²) in [5, 5.41) is 22.8. The number of aliphatic hydroxyl groups is 1. The Morgan fingerprint density at radius 2 is 1.88 bits per heavy atom. The van der Waals surface area contributed by atoms with Crippen molar-refractivity contribution in [1.82, 2.24) is 4.98 Å². The van der Waals surface area contributed by atoms with Gasteiger partial charge in [0.1, 0.15) is 18.9 Å². The highest BCUT2D eigenvalue weighted by Gasteiger charge is 2.24. The van der Waals surface area contributed by atoms with Gasteiger partial charge in [-0.25, -0.2) is 0 Å². The van der Waals surface area contributed by atoms with Gasteiger partial charge in [-0.3, -0.25) is 0 Å². The van der Waals surface area contributed by atoms with E-state index >= 15 is 0 Å². The molecule has 0 radical (unpaired) electrons. The zero-order valence-corrected chi connectivity index (χ0v) is 14.4. The molecule has 0 unspecified atom stereocenters. The first-order valence-electron chi connectivity index (χ1n) is 7.28. The van der Waals surface area contributed by atoms with Crippen LogP contribution in [0.2, 0.25) is 0 Å². The molecule has 25 heavy (non-hydrogen) atoms. The monoisotopic (exact) mass is 345 g/mol. The summed E-state index contributed by atoms with van der Waals surface area (Å²) in [5.41, 5.74) is 2.32. The van der Waals surface area contributed by atoms with E-state index in [2.05, 4.69) is 10.1 Å². The van der Waals surface area contributed by atoms with Gasteiger partial charge in [-0.2, -0.15) is 5.26 Å². The lowest BCUT2D eigenvalue weighted by molar-refractivity contribution is 0.215. The maximum Gasteiger partial charge on any atom is 0.203 e. The molecule has 1 aromatic carbocycles. The smallest absolute Gasteiger partial charge is 0.203 e. The Balaban J connectivity index is 2.83. The van der Waals surface area contributed by atoms with E-state index in [4.69, 9.17) is 19.0 Å². The fraction of sp³-hybridized carbons (Fsp3) is 0.294. The summed E-state index contributed by atoms with van der Waals surface area (Å²) in [6.07, 6.45) is 1.42. The SMILES string of the molecule is CON=Cc1[nH]c(C#N)c(CO)c1-c1ccc(OC)c(OC)c1OC. The van der Waals surface area contributed by atoms with Crippen molar-refractivity contribution < 1.29 is 24.2 Å². The lowest BCUT2D eigenvalue weighted by Gasteiger charge is -2.16. The summed E-state index contributed by atoms with van der Waals surface area (Å²) in [5.74, 6) is 1.31. The third-order valence-corrected chi connectivity index (χ3v) is 3.66. The van der Waals surface area contributed by atoms with E-state index in [1.807, 2.05) is 6.07 Å². The van der Waals surface area contributed by atoms with Crippen molar-refractivity contribution in [3.63, 3.8) is 0 Å². The van der Waals surface area contributed by atoms with Crippen LogP contribution in [-0.4, -0.2) is 44.7 Å². The third-order valence-electron chi connectivity index (χ3n) is 3.66. The molecular weight excluding hydrogens is 326 g/mol. The van der Waals surface area contributed by atoms with Crippen molar-refractivity contribution in [2.45, 2.75) is 6.61 Å². The lowest BCUT2D eigenvalue weighted by atomic mass is 9.99. The molecule has 0 bridgehead atoms. The normalized spacial score (nSPS) is 10.6. The van der Waals surface area contributed by atoms with Gasteiger partial charge in [0.05, 0.1) is 39.8 Å². The second-order valence-corrected chi connectivity index (χ2v) is 4.84. The highest BCUT2D eigenvalue weighted by molar-refractivity contribution is 5.93. The predicted octanol–water partition coefficient (Wildman–Crippen LogP) is 2.05. The molecule has 8 nitrogen and oxygen atoms in total. The summed E-state index contributed by atoms with van der Waals surface area (Å²) < 4.78 is 16.2. The number of oxime groups is 1. The minimum absolute atomic E-state index is 0.229. The number of nitrogens with one attached hydrogen (secondary N) is 1. The van der Waals surface area contributed by atoms with Gasteiger partial charge in [0.15, 0.2) is 11.5 Å². The van der Waals surface area contributed by atoms with E-state index in [-0.39, 0.29) is 12.3 Å². The molecule has 1 heterocycles. The van der Waals surface area contributed by atoms with E-state index in [1.54, 1.807) is 12.1 Å². The summed E-state index contributed by atoms with van der Waals surface area (Å²) >= 11 is 0. The Morgan fingerprint density at radius 3 is 2.40 bits per heavy atom. The van der Waals surface area contributed by atoms with Crippen molar-refractivity contribution in [3.8, 4) is 34.4 Å². The molecular formula is C17H19N3O5. The number of aromatic nitrogens is 1. The average molecular weight is 345 g/mol. The zero-order valence-electron chi connectivity index (χ0n) is 14.4. The maximum absolute atomic E-state index is 9.78. The fourth-order valence-electron chi connectivity index (χ4n) is 2.62. The number of H-pyrrole nitrogens is 1. The van der Waals surface area contributed by atoms with Gasteiger partial charge in [0.25, 0.3) is 0 Å². The average Bonchev–Trinajstić information content (AvgIpc) is 3.01. The van der Waals surface area contributed by atoms with Crippen LogP contribution < -0.4 is 14.2 Å². The summed E-state index contributed by atoms with van der Waals surface area (Å²) in [6, 6.07) is 5.50. The second-order valence-electron chi connectivity index (χ2n) is 4.84. The molecule has 8 heteroatoms. The van der Waals surface area contributed by atoms with Crippen LogP contribution in [0.3, 0.4) is 0 Å². The van der Waals surface area contributed by atoms with Crippen molar-refractivity contribution in [3.05, 3.63) is 29.1 Å². The largest absolute Gasteiger partial charge is 0.493 e. The van der Waals surface area contributed by atoms with E-state index < -0.39 is 0 Å². The standard InChI is InChI=1S/C17H19N3O5/c1-22-14-6-5-10(16(23-2)17(14)24-3)15-11(9-21)12(7-18)20-13(15)8-19-25-4/h5-6,8,20-21H,9H2,1-4H3. The molecule has 132 valence electrons. The zero-order chi connectivity index (χ0) is 18.4. The molecule has 2 N–H and O–H groups in total. The van der Waals surface area contributed by atoms with E-state index in [1.165, 1.54) is 34.7 Å². The second kappa shape index (κ2) is 8.08. The maximum atomic E-state index is 9.78. The van der Waals surface area contributed by atoms with Crippen molar-refractivity contribution in [2.75, 3.05) is 28.4 Å². The highest BCUT2D eigenvalue weighted by atomic mass is 16.6. The molecule has 0 aliphatic heterocycles. The van der Waals surface area contributed by atoms with Gasteiger partial charge in [-0.1, -0.05) is 5.16 Å². The molecule has 2 aromatic rings. The van der Waals surface area contributed by atoms with Crippen molar-refractivity contribution in [1.29, 1.82) is 5.26 Å². The van der Waals surface area contributed by atoms with Gasteiger partial charge in [-0.05, 0) is 12.1 Å². The quantitative estimate of drug-likeness (QED) is 0.587. The Labute approximate surface area is 145 Å². The van der Waals surface area contributed by atoms with Gasteiger partial charge < -0.3 is 29.1 Å². The fourth-order valence-corrected chi connectivity index (χ4v) is 2.62. The topological polar surface area (TPSA) is 109 Å². The molecule has 0 atom stereocenters. The van der Waals surface area contributed by atoms with Gasteiger partial charge in [0, 0.05) is 16.7 Å². The number of nitrogens with zero attached hydrogens (tertiary/aromatic N) is 2. The first-order chi connectivity index (χ1) is 12.2. The lowest BCUT2D eigenvalue weighted by Crippen LogP contribution is -1.99. The highest BCUT2D eigenvalue weighted by Crippen LogP contribution is 2.46. The van der Waals surface area contributed by atoms with Gasteiger partial charge in [0.2, 0.25) is 5.75 Å². The minimum Gasteiger partial charge on any atom is -0.493 e. The number of rotatable bonds is 7. The molecule has 0 saturated heterocycles. The number of nitriles is 1. The number of benzene rings is 1. The van der Waals surface area contributed by atoms with E-state index in [9.17, 15) is 10.4 Å². The molecule has 0 fully saturated rings. The summed E-state index contributed by atoms with van der Waals surface area (Å²) in [4.78, 5) is 7.64. The van der Waals surface area contributed by atoms with Crippen molar-refractivity contribution >= 4 is 6.21 Å². The van der Waals surface area contributed by atoms with E-state index in [0.717, 1.165) is 0 Å². The Hall–Kier alpha value is -3.18. The Morgan fingerprint density at radius 1 is 1.16 bits per heavy atom. The van der Waals surface area contributed by atoms with Crippen molar-refractivity contribution in [2.24, 2.45) is 5.16 Å².